The molecule has 0 heterocycles. The molecule has 0 amide bonds. The Labute approximate surface area is 121 Å². The van der Waals surface area contributed by atoms with Crippen molar-refractivity contribution in [2.24, 2.45) is 0 Å². The molecule has 0 radical (unpaired) electrons. The molecule has 1 fully saturated rings. The normalized spacial score (nSPS) is 18.0. The molecule has 0 unspecified atom stereocenters. The van der Waals surface area contributed by atoms with Crippen molar-refractivity contribution >= 4 is 15.7 Å². The number of rotatable bonds is 5. The summed E-state index contributed by atoms with van der Waals surface area (Å²) in [7, 11) is 0.485. The van der Waals surface area contributed by atoms with Crippen LogP contribution in [0.1, 0.15) is 24.8 Å². The number of nitrogens with zero attached hydrogens (tertiary/aromatic N) is 1. The average molecular weight is 297 g/mol. The summed E-state index contributed by atoms with van der Waals surface area (Å²) in [5.74, 6) is 0. The Bertz CT molecular complexity index is 592. The molecule has 0 spiro atoms. The highest BCUT2D eigenvalue weighted by atomic mass is 32.2. The molecule has 1 aliphatic rings. The molecule has 1 saturated carbocycles. The van der Waals surface area contributed by atoms with Crippen molar-refractivity contribution in [2.45, 2.75) is 36.6 Å². The van der Waals surface area contributed by atoms with Gasteiger partial charge in [-0.3, -0.25) is 0 Å². The lowest BCUT2D eigenvalue weighted by Gasteiger charge is -2.47. The van der Waals surface area contributed by atoms with E-state index in [1.165, 1.54) is 0 Å². The zero-order chi connectivity index (χ0) is 15.0. The van der Waals surface area contributed by atoms with Crippen LogP contribution in [-0.2, 0) is 10.0 Å². The van der Waals surface area contributed by atoms with E-state index in [1.807, 2.05) is 14.1 Å². The number of likely N-dealkylation sites (N-methyl/N-ethyl adjacent to an activating group) is 1. The summed E-state index contributed by atoms with van der Waals surface area (Å²) in [5, 5.41) is 0. The third-order valence-electron chi connectivity index (χ3n) is 4.44. The Morgan fingerprint density at radius 3 is 2.50 bits per heavy atom. The summed E-state index contributed by atoms with van der Waals surface area (Å²) in [6.07, 6.45) is 3.20. The fourth-order valence-electron chi connectivity index (χ4n) is 2.60. The van der Waals surface area contributed by atoms with Crippen molar-refractivity contribution in [3.05, 3.63) is 23.8 Å². The van der Waals surface area contributed by atoms with Gasteiger partial charge < -0.3 is 10.6 Å². The first-order valence-electron chi connectivity index (χ1n) is 6.81. The molecule has 5 nitrogen and oxygen atoms in total. The zero-order valence-electron chi connectivity index (χ0n) is 12.3. The van der Waals surface area contributed by atoms with E-state index in [1.54, 1.807) is 25.1 Å². The SMILES string of the molecule is Cc1c(N)cccc1S(=O)(=O)NCC1(N(C)C)CCC1. The molecule has 0 bridgehead atoms. The second kappa shape index (κ2) is 5.35. The van der Waals surface area contributed by atoms with Crippen molar-refractivity contribution < 1.29 is 8.42 Å². The van der Waals surface area contributed by atoms with E-state index in [4.69, 9.17) is 5.73 Å². The highest BCUT2D eigenvalue weighted by Crippen LogP contribution is 2.35. The van der Waals surface area contributed by atoms with Crippen LogP contribution in [0.3, 0.4) is 0 Å². The molecule has 1 aromatic carbocycles. The Morgan fingerprint density at radius 1 is 1.35 bits per heavy atom. The molecule has 0 saturated heterocycles. The van der Waals surface area contributed by atoms with Gasteiger partial charge in [-0.25, -0.2) is 13.1 Å². The second-order valence-corrected chi connectivity index (χ2v) is 7.50. The van der Waals surface area contributed by atoms with Crippen molar-refractivity contribution in [3.63, 3.8) is 0 Å². The lowest BCUT2D eigenvalue weighted by Crippen LogP contribution is -2.57. The van der Waals surface area contributed by atoms with Crippen LogP contribution < -0.4 is 10.5 Å². The molecule has 0 aliphatic heterocycles. The van der Waals surface area contributed by atoms with Crippen LogP contribution in [0.2, 0.25) is 0 Å². The molecule has 6 heteroatoms. The van der Waals surface area contributed by atoms with Gasteiger partial charge in [0.1, 0.15) is 0 Å². The molecule has 112 valence electrons. The number of nitrogens with one attached hydrogen (secondary N) is 1. The summed E-state index contributed by atoms with van der Waals surface area (Å²) in [6, 6.07) is 4.97. The highest BCUT2D eigenvalue weighted by molar-refractivity contribution is 7.89. The average Bonchev–Trinajstić information content (AvgIpc) is 2.30. The Hall–Kier alpha value is -1.11. The number of hydrogen-bond acceptors (Lipinski definition) is 4. The summed E-state index contributed by atoms with van der Waals surface area (Å²) in [4.78, 5) is 2.39. The van der Waals surface area contributed by atoms with Gasteiger partial charge in [-0.2, -0.15) is 0 Å². The lowest BCUT2D eigenvalue weighted by atomic mass is 9.76. The van der Waals surface area contributed by atoms with E-state index in [2.05, 4.69) is 9.62 Å². The fourth-order valence-corrected chi connectivity index (χ4v) is 3.99. The van der Waals surface area contributed by atoms with Crippen LogP contribution >= 0.6 is 0 Å². The molecule has 3 N–H and O–H groups in total. The minimum atomic E-state index is -3.51. The van der Waals surface area contributed by atoms with Crippen LogP contribution in [0.5, 0.6) is 0 Å². The largest absolute Gasteiger partial charge is 0.398 e. The van der Waals surface area contributed by atoms with Gasteiger partial charge in [0.2, 0.25) is 10.0 Å². The molecule has 1 aliphatic carbocycles. The predicted molar refractivity (Wildman–Crippen MR) is 81.0 cm³/mol. The van der Waals surface area contributed by atoms with E-state index in [-0.39, 0.29) is 10.4 Å². The quantitative estimate of drug-likeness (QED) is 0.804. The van der Waals surface area contributed by atoms with E-state index in [9.17, 15) is 8.42 Å². The van der Waals surface area contributed by atoms with Crippen LogP contribution in [0.15, 0.2) is 23.1 Å². The molecule has 0 aromatic heterocycles. The summed E-state index contributed by atoms with van der Waals surface area (Å²) >= 11 is 0. The Morgan fingerprint density at radius 2 is 2.00 bits per heavy atom. The van der Waals surface area contributed by atoms with Crippen LogP contribution in [0.4, 0.5) is 5.69 Å². The first-order valence-corrected chi connectivity index (χ1v) is 8.29. The van der Waals surface area contributed by atoms with E-state index in [0.29, 0.717) is 17.8 Å². The van der Waals surface area contributed by atoms with Gasteiger partial charge in [0, 0.05) is 17.8 Å². The standard InChI is InChI=1S/C14H23N3O2S/c1-11-12(15)6-4-7-13(11)20(18,19)16-10-14(17(2)3)8-5-9-14/h4,6-7,16H,5,8-10,15H2,1-3H3. The van der Waals surface area contributed by atoms with Crippen molar-refractivity contribution in [1.29, 1.82) is 0 Å². The summed E-state index contributed by atoms with van der Waals surface area (Å²) < 4.78 is 27.6. The van der Waals surface area contributed by atoms with Gasteiger partial charge in [-0.05, 0) is 58.0 Å². The third-order valence-corrected chi connectivity index (χ3v) is 5.99. The maximum Gasteiger partial charge on any atom is 0.240 e. The number of nitrogen functional groups attached to an aromatic ring is 1. The smallest absolute Gasteiger partial charge is 0.240 e. The van der Waals surface area contributed by atoms with Crippen molar-refractivity contribution in [3.8, 4) is 0 Å². The monoisotopic (exact) mass is 297 g/mol. The van der Waals surface area contributed by atoms with Crippen LogP contribution in [0.25, 0.3) is 0 Å². The maximum absolute atomic E-state index is 12.4. The number of anilines is 1. The Kier molecular flexibility index (Phi) is 4.09. The fraction of sp³-hybridized carbons (Fsp3) is 0.571. The van der Waals surface area contributed by atoms with Gasteiger partial charge in [-0.1, -0.05) is 6.07 Å². The van der Waals surface area contributed by atoms with Gasteiger partial charge in [0.25, 0.3) is 0 Å². The highest BCUT2D eigenvalue weighted by Gasteiger charge is 2.39. The first kappa shape index (κ1) is 15.3. The summed E-state index contributed by atoms with van der Waals surface area (Å²) in [6.45, 7) is 2.17. The lowest BCUT2D eigenvalue weighted by molar-refractivity contribution is 0.0657. The van der Waals surface area contributed by atoms with Gasteiger partial charge in [0.15, 0.2) is 0 Å². The van der Waals surface area contributed by atoms with Crippen molar-refractivity contribution in [1.82, 2.24) is 9.62 Å². The molecule has 1 aromatic rings. The number of hydrogen-bond donors (Lipinski definition) is 2. The minimum Gasteiger partial charge on any atom is -0.398 e. The molecule has 20 heavy (non-hydrogen) atoms. The zero-order valence-corrected chi connectivity index (χ0v) is 13.1. The molecule has 2 rings (SSSR count). The predicted octanol–water partition coefficient (Wildman–Crippen LogP) is 1.34. The van der Waals surface area contributed by atoms with Gasteiger partial charge >= 0.3 is 0 Å². The van der Waals surface area contributed by atoms with Crippen molar-refractivity contribution in [2.75, 3.05) is 26.4 Å². The molecular formula is C14H23N3O2S. The van der Waals surface area contributed by atoms with Gasteiger partial charge in [0.05, 0.1) is 4.90 Å². The van der Waals surface area contributed by atoms with E-state index >= 15 is 0 Å². The molecule has 0 atom stereocenters. The van der Waals surface area contributed by atoms with E-state index in [0.717, 1.165) is 19.3 Å². The van der Waals surface area contributed by atoms with Crippen LogP contribution in [0, 0.1) is 6.92 Å². The van der Waals surface area contributed by atoms with Crippen LogP contribution in [-0.4, -0.2) is 39.5 Å². The van der Waals surface area contributed by atoms with E-state index < -0.39 is 10.0 Å². The Balaban J connectivity index is 2.18. The number of sulfonamides is 1. The first-order chi connectivity index (χ1) is 9.28. The third kappa shape index (κ3) is 2.68. The molecular weight excluding hydrogens is 274 g/mol. The van der Waals surface area contributed by atoms with Gasteiger partial charge in [-0.15, -0.1) is 0 Å². The number of benzene rings is 1. The second-order valence-electron chi connectivity index (χ2n) is 5.77. The topological polar surface area (TPSA) is 75.4 Å². The number of nitrogens with two attached hydrogens (primary N) is 1. The summed E-state index contributed by atoms with van der Waals surface area (Å²) in [5.41, 5.74) is 6.85. The minimum absolute atomic E-state index is 0.0404. The maximum atomic E-state index is 12.4.